The molecule has 2 rings (SSSR count). The average molecular weight is 442 g/mol. The zero-order valence-corrected chi connectivity index (χ0v) is 17.3. The highest BCUT2D eigenvalue weighted by atomic mass is 32.2. The van der Waals surface area contributed by atoms with E-state index in [9.17, 15) is 27.2 Å². The minimum absolute atomic E-state index is 0.133. The lowest BCUT2D eigenvalue weighted by Gasteiger charge is -2.08. The summed E-state index contributed by atoms with van der Waals surface area (Å²) in [5.41, 5.74) is 0.360. The highest BCUT2D eigenvalue weighted by Crippen LogP contribution is 2.28. The van der Waals surface area contributed by atoms with E-state index in [-0.39, 0.29) is 22.9 Å². The first-order chi connectivity index (χ1) is 13.6. The first kappa shape index (κ1) is 22.5. The summed E-state index contributed by atoms with van der Waals surface area (Å²) in [7, 11) is -4.07. The molecule has 1 aromatic carbocycles. The van der Waals surface area contributed by atoms with Crippen molar-refractivity contribution in [2.45, 2.75) is 13.8 Å². The van der Waals surface area contributed by atoms with E-state index in [1.807, 2.05) is 0 Å². The quantitative estimate of drug-likeness (QED) is 0.606. The third-order valence-corrected chi connectivity index (χ3v) is 5.80. The van der Waals surface area contributed by atoms with E-state index < -0.39 is 44.9 Å². The number of rotatable bonds is 8. The van der Waals surface area contributed by atoms with Crippen LogP contribution in [-0.4, -0.2) is 44.3 Å². The molecule has 29 heavy (non-hydrogen) atoms. The molecule has 0 aliphatic heterocycles. The summed E-state index contributed by atoms with van der Waals surface area (Å²) in [5, 5.41) is 4.87. The molecule has 0 unspecified atom stereocenters. The number of hydrogen-bond donors (Lipinski definition) is 2. The van der Waals surface area contributed by atoms with Crippen LogP contribution in [0.3, 0.4) is 0 Å². The number of anilines is 2. The molecule has 0 atom stereocenters. The molecular weight excluding hydrogens is 423 g/mol. The predicted molar refractivity (Wildman–Crippen MR) is 107 cm³/mol. The number of thiophene rings is 1. The fourth-order valence-electron chi connectivity index (χ4n) is 2.31. The van der Waals surface area contributed by atoms with E-state index in [4.69, 9.17) is 4.74 Å². The minimum atomic E-state index is -4.07. The second-order valence-electron chi connectivity index (χ2n) is 5.96. The maximum Gasteiger partial charge on any atom is 0.341 e. The van der Waals surface area contributed by atoms with Crippen molar-refractivity contribution in [3.63, 3.8) is 0 Å². The number of carbonyl (C=O) groups is 3. The van der Waals surface area contributed by atoms with Gasteiger partial charge < -0.3 is 15.4 Å². The van der Waals surface area contributed by atoms with Crippen LogP contribution in [-0.2, 0) is 24.2 Å². The number of sulfone groups is 1. The van der Waals surface area contributed by atoms with E-state index in [1.54, 1.807) is 13.8 Å². The highest BCUT2D eigenvalue weighted by molar-refractivity contribution is 7.92. The lowest BCUT2D eigenvalue weighted by Crippen LogP contribution is -2.30. The van der Waals surface area contributed by atoms with Crippen molar-refractivity contribution in [1.29, 1.82) is 0 Å². The van der Waals surface area contributed by atoms with Crippen LogP contribution in [0.25, 0.3) is 0 Å². The Balaban J connectivity index is 1.98. The molecule has 2 amide bonds. The Morgan fingerprint density at radius 2 is 1.66 bits per heavy atom. The Labute approximate surface area is 171 Å². The summed E-state index contributed by atoms with van der Waals surface area (Å²) in [4.78, 5) is 36.7. The van der Waals surface area contributed by atoms with Gasteiger partial charge in [-0.2, -0.15) is 0 Å². The molecule has 1 aromatic heterocycles. The van der Waals surface area contributed by atoms with Crippen molar-refractivity contribution < 1.29 is 31.9 Å². The Morgan fingerprint density at radius 1 is 1.07 bits per heavy atom. The molecule has 0 aliphatic carbocycles. The number of halogens is 1. The van der Waals surface area contributed by atoms with Crippen LogP contribution >= 0.6 is 11.3 Å². The van der Waals surface area contributed by atoms with Crippen LogP contribution in [0.4, 0.5) is 15.1 Å². The maximum atomic E-state index is 12.9. The summed E-state index contributed by atoms with van der Waals surface area (Å²) >= 11 is 1.10. The molecule has 0 aliphatic rings. The summed E-state index contributed by atoms with van der Waals surface area (Å²) < 4.78 is 42.0. The number of benzene rings is 1. The fraction of sp³-hybridized carbons (Fsp3) is 0.278. The third kappa shape index (κ3) is 6.95. The molecular formula is C18H19FN2O6S2. The normalized spacial score (nSPS) is 11.0. The van der Waals surface area contributed by atoms with Gasteiger partial charge in [-0.3, -0.25) is 9.59 Å². The van der Waals surface area contributed by atoms with Gasteiger partial charge >= 0.3 is 5.97 Å². The number of carbonyl (C=O) groups excluding carboxylic acids is 3. The highest BCUT2D eigenvalue weighted by Gasteiger charge is 2.23. The monoisotopic (exact) mass is 442 g/mol. The average Bonchev–Trinajstić information content (AvgIpc) is 2.96. The van der Waals surface area contributed by atoms with Gasteiger partial charge in [0, 0.05) is 10.6 Å². The Morgan fingerprint density at radius 3 is 2.24 bits per heavy atom. The number of amides is 2. The van der Waals surface area contributed by atoms with Crippen LogP contribution in [0.15, 0.2) is 30.3 Å². The fourth-order valence-corrected chi connectivity index (χ4v) is 4.27. The molecule has 0 saturated heterocycles. The Hall–Kier alpha value is -2.79. The van der Waals surface area contributed by atoms with E-state index in [1.165, 1.54) is 18.2 Å². The number of ether oxygens (including phenoxy) is 1. The van der Waals surface area contributed by atoms with E-state index in [2.05, 4.69) is 10.6 Å². The molecule has 2 aromatic rings. The summed E-state index contributed by atoms with van der Waals surface area (Å²) in [6.07, 6.45) is 0. The molecule has 8 nitrogen and oxygen atoms in total. The van der Waals surface area contributed by atoms with Gasteiger partial charge in [0.2, 0.25) is 11.8 Å². The van der Waals surface area contributed by atoms with Crippen LogP contribution in [0.2, 0.25) is 0 Å². The summed E-state index contributed by atoms with van der Waals surface area (Å²) in [6, 6.07) is 6.32. The standard InChI is InChI=1S/C18H19FN2O6S2/c1-3-27-18(24)14-8-11(2)28-17(14)21-16(23)10-29(25,26)9-15(22)20-13-6-4-12(19)5-7-13/h4-8H,3,9-10H2,1-2H3,(H,20,22)(H,21,23). The van der Waals surface area contributed by atoms with Gasteiger partial charge in [-0.05, 0) is 44.2 Å². The molecule has 0 bridgehead atoms. The van der Waals surface area contributed by atoms with Crippen molar-refractivity contribution in [3.8, 4) is 0 Å². The van der Waals surface area contributed by atoms with Crippen molar-refractivity contribution in [2.75, 3.05) is 28.7 Å². The Kier molecular flexibility index (Phi) is 7.46. The van der Waals surface area contributed by atoms with E-state index >= 15 is 0 Å². The van der Waals surface area contributed by atoms with E-state index in [0.29, 0.717) is 0 Å². The predicted octanol–water partition coefficient (Wildman–Crippen LogP) is 2.36. The van der Waals surface area contributed by atoms with Crippen LogP contribution in [0, 0.1) is 12.7 Å². The van der Waals surface area contributed by atoms with Crippen molar-refractivity contribution in [3.05, 3.63) is 46.6 Å². The molecule has 1 heterocycles. The summed E-state index contributed by atoms with van der Waals surface area (Å²) in [5.74, 6) is -4.74. The van der Waals surface area contributed by atoms with Gasteiger partial charge in [-0.15, -0.1) is 11.3 Å². The zero-order valence-electron chi connectivity index (χ0n) is 15.7. The molecule has 11 heteroatoms. The SMILES string of the molecule is CCOC(=O)c1cc(C)sc1NC(=O)CS(=O)(=O)CC(=O)Nc1ccc(F)cc1. The van der Waals surface area contributed by atoms with Crippen molar-refractivity contribution >= 4 is 49.6 Å². The smallest absolute Gasteiger partial charge is 0.341 e. The number of nitrogens with one attached hydrogen (secondary N) is 2. The topological polar surface area (TPSA) is 119 Å². The zero-order chi connectivity index (χ0) is 21.6. The van der Waals surface area contributed by atoms with Gasteiger partial charge in [0.1, 0.15) is 22.3 Å². The van der Waals surface area contributed by atoms with Crippen LogP contribution in [0.5, 0.6) is 0 Å². The van der Waals surface area contributed by atoms with E-state index in [0.717, 1.165) is 28.3 Å². The summed E-state index contributed by atoms with van der Waals surface area (Å²) in [6.45, 7) is 3.51. The largest absolute Gasteiger partial charge is 0.462 e. The molecule has 0 spiro atoms. The van der Waals surface area contributed by atoms with Crippen LogP contribution < -0.4 is 10.6 Å². The molecule has 0 saturated carbocycles. The maximum absolute atomic E-state index is 12.9. The first-order valence-electron chi connectivity index (χ1n) is 8.43. The molecule has 0 radical (unpaired) electrons. The van der Waals surface area contributed by atoms with Gasteiger partial charge in [0.05, 0.1) is 12.2 Å². The number of aryl methyl sites for hydroxylation is 1. The first-order valence-corrected chi connectivity index (χ1v) is 11.1. The Bertz CT molecular complexity index is 1020. The lowest BCUT2D eigenvalue weighted by atomic mass is 10.3. The molecule has 156 valence electrons. The number of esters is 1. The van der Waals surface area contributed by atoms with Gasteiger partial charge in [0.25, 0.3) is 0 Å². The number of hydrogen-bond acceptors (Lipinski definition) is 7. The second kappa shape index (κ2) is 9.61. The van der Waals surface area contributed by atoms with Gasteiger partial charge in [-0.25, -0.2) is 17.6 Å². The molecule has 0 fully saturated rings. The van der Waals surface area contributed by atoms with Gasteiger partial charge in [-0.1, -0.05) is 0 Å². The second-order valence-corrected chi connectivity index (χ2v) is 9.28. The van der Waals surface area contributed by atoms with Crippen molar-refractivity contribution in [2.24, 2.45) is 0 Å². The van der Waals surface area contributed by atoms with Gasteiger partial charge in [0.15, 0.2) is 9.84 Å². The van der Waals surface area contributed by atoms with Crippen LogP contribution in [0.1, 0.15) is 22.2 Å². The molecule has 2 N–H and O–H groups in total. The lowest BCUT2D eigenvalue weighted by molar-refractivity contribution is -0.114. The third-order valence-electron chi connectivity index (χ3n) is 3.43. The minimum Gasteiger partial charge on any atom is -0.462 e. The van der Waals surface area contributed by atoms with Crippen molar-refractivity contribution in [1.82, 2.24) is 0 Å².